The van der Waals surface area contributed by atoms with Crippen molar-refractivity contribution in [1.29, 1.82) is 0 Å². The average Bonchev–Trinajstić information content (AvgIpc) is 2.45. The fraction of sp³-hybridized carbons (Fsp3) is 1.00. The molecule has 0 spiro atoms. The Labute approximate surface area is 136 Å². The van der Waals surface area contributed by atoms with E-state index in [0.29, 0.717) is 0 Å². The maximum absolute atomic E-state index is 9.92. The molecular weight excluding hydrogens is 303 g/mol. The van der Waals surface area contributed by atoms with E-state index in [1.54, 1.807) is 22.8 Å². The van der Waals surface area contributed by atoms with Gasteiger partial charge < -0.3 is 4.89 Å². The third kappa shape index (κ3) is 17.1. The van der Waals surface area contributed by atoms with E-state index < -0.39 is 6.55 Å². The average molecular weight is 339 g/mol. The molecule has 0 aromatic rings. The molecule has 0 fully saturated rings. The fourth-order valence-electron chi connectivity index (χ4n) is 2.09. The molecule has 0 saturated heterocycles. The molecule has 0 aromatic heterocycles. The first-order valence-electron chi connectivity index (χ1n) is 8.56. The first-order valence-corrected chi connectivity index (χ1v) is 13.0. The van der Waals surface area contributed by atoms with Crippen molar-refractivity contribution in [3.63, 3.8) is 0 Å². The SMILES string of the molecule is CCCCCCCCSP(O)SCCCCCCCC. The predicted octanol–water partition coefficient (Wildman–Crippen LogP) is 7.39. The Morgan fingerprint density at radius 2 is 0.950 bits per heavy atom. The molecule has 0 aliphatic carbocycles. The van der Waals surface area contributed by atoms with Crippen molar-refractivity contribution in [3.05, 3.63) is 0 Å². The minimum Gasteiger partial charge on any atom is -0.355 e. The van der Waals surface area contributed by atoms with Crippen LogP contribution in [0.1, 0.15) is 90.9 Å². The van der Waals surface area contributed by atoms with Crippen molar-refractivity contribution in [2.75, 3.05) is 11.5 Å². The van der Waals surface area contributed by atoms with Gasteiger partial charge in [0.05, 0.1) is 0 Å². The summed E-state index contributed by atoms with van der Waals surface area (Å²) in [6, 6.07) is 0. The molecule has 0 atom stereocenters. The Balaban J connectivity index is 3.11. The molecule has 122 valence electrons. The van der Waals surface area contributed by atoms with Crippen LogP contribution in [-0.2, 0) is 0 Å². The highest BCUT2D eigenvalue weighted by molar-refractivity contribution is 8.86. The summed E-state index contributed by atoms with van der Waals surface area (Å²) >= 11 is 3.59. The van der Waals surface area contributed by atoms with E-state index in [1.807, 2.05) is 0 Å². The quantitative estimate of drug-likeness (QED) is 0.234. The highest BCUT2D eigenvalue weighted by Crippen LogP contribution is 2.57. The Kier molecular flexibility index (Phi) is 19.1. The maximum Gasteiger partial charge on any atom is 0.149 e. The molecule has 0 amide bonds. The summed E-state index contributed by atoms with van der Waals surface area (Å²) in [5.41, 5.74) is 0. The van der Waals surface area contributed by atoms with Gasteiger partial charge in [-0.05, 0) is 12.8 Å². The Morgan fingerprint density at radius 3 is 1.35 bits per heavy atom. The van der Waals surface area contributed by atoms with E-state index in [2.05, 4.69) is 13.8 Å². The molecule has 1 nitrogen and oxygen atoms in total. The summed E-state index contributed by atoms with van der Waals surface area (Å²) < 4.78 is 0. The Hall–Kier alpha value is 1.09. The molecule has 4 heteroatoms. The van der Waals surface area contributed by atoms with E-state index in [-0.39, 0.29) is 0 Å². The molecule has 0 heterocycles. The van der Waals surface area contributed by atoms with Crippen LogP contribution >= 0.6 is 29.3 Å². The van der Waals surface area contributed by atoms with Crippen molar-refractivity contribution in [2.45, 2.75) is 90.9 Å². The molecule has 0 aliphatic heterocycles. The number of unbranched alkanes of at least 4 members (excludes halogenated alkanes) is 10. The maximum atomic E-state index is 9.92. The predicted molar refractivity (Wildman–Crippen MR) is 101 cm³/mol. The lowest BCUT2D eigenvalue weighted by atomic mass is 10.1. The van der Waals surface area contributed by atoms with E-state index >= 15 is 0 Å². The van der Waals surface area contributed by atoms with Crippen LogP contribution in [-0.4, -0.2) is 16.4 Å². The highest BCUT2D eigenvalue weighted by atomic mass is 33.1. The van der Waals surface area contributed by atoms with Crippen LogP contribution in [0.25, 0.3) is 0 Å². The normalized spacial score (nSPS) is 11.4. The molecule has 0 saturated carbocycles. The zero-order valence-corrected chi connectivity index (χ0v) is 16.1. The van der Waals surface area contributed by atoms with Crippen molar-refractivity contribution >= 4 is 29.3 Å². The van der Waals surface area contributed by atoms with Crippen LogP contribution in [0.5, 0.6) is 0 Å². The van der Waals surface area contributed by atoms with Gasteiger partial charge in [-0.25, -0.2) is 0 Å². The van der Waals surface area contributed by atoms with Crippen LogP contribution in [0.4, 0.5) is 0 Å². The molecular formula is C16H35OPS2. The lowest BCUT2D eigenvalue weighted by molar-refractivity contribution is 0.626. The van der Waals surface area contributed by atoms with Gasteiger partial charge in [-0.1, -0.05) is 101 Å². The lowest BCUT2D eigenvalue weighted by Crippen LogP contribution is -1.83. The Bertz CT molecular complexity index is 164. The van der Waals surface area contributed by atoms with Gasteiger partial charge in [-0.15, -0.1) is 0 Å². The van der Waals surface area contributed by atoms with E-state index in [1.165, 1.54) is 77.0 Å². The van der Waals surface area contributed by atoms with Gasteiger partial charge in [0, 0.05) is 11.5 Å². The summed E-state index contributed by atoms with van der Waals surface area (Å²) in [5, 5.41) is 0. The molecule has 20 heavy (non-hydrogen) atoms. The number of rotatable bonds is 16. The third-order valence-corrected chi connectivity index (χ3v) is 9.10. The number of hydrogen-bond donors (Lipinski definition) is 1. The number of hydrogen-bond acceptors (Lipinski definition) is 3. The summed E-state index contributed by atoms with van der Waals surface area (Å²) in [6.07, 6.45) is 16.2. The van der Waals surface area contributed by atoms with Gasteiger partial charge in [0.15, 0.2) is 0 Å². The van der Waals surface area contributed by atoms with Crippen LogP contribution < -0.4 is 0 Å². The van der Waals surface area contributed by atoms with Crippen LogP contribution in [0.3, 0.4) is 0 Å². The van der Waals surface area contributed by atoms with Crippen molar-refractivity contribution in [3.8, 4) is 0 Å². The van der Waals surface area contributed by atoms with Crippen molar-refractivity contribution < 1.29 is 4.89 Å². The second-order valence-electron chi connectivity index (χ2n) is 5.44. The zero-order valence-electron chi connectivity index (χ0n) is 13.6. The minimum absolute atomic E-state index is 0.802. The summed E-state index contributed by atoms with van der Waals surface area (Å²) in [4.78, 5) is 9.92. The van der Waals surface area contributed by atoms with Crippen LogP contribution in [0.2, 0.25) is 0 Å². The van der Waals surface area contributed by atoms with E-state index in [0.717, 1.165) is 11.5 Å². The fourth-order valence-corrected chi connectivity index (χ4v) is 7.09. The molecule has 0 bridgehead atoms. The molecule has 0 radical (unpaired) electrons. The molecule has 0 aliphatic rings. The molecule has 0 unspecified atom stereocenters. The first-order chi connectivity index (χ1) is 9.81. The van der Waals surface area contributed by atoms with Gasteiger partial charge in [-0.2, -0.15) is 0 Å². The van der Waals surface area contributed by atoms with Gasteiger partial charge in [0.2, 0.25) is 0 Å². The van der Waals surface area contributed by atoms with Crippen LogP contribution in [0, 0.1) is 0 Å². The monoisotopic (exact) mass is 338 g/mol. The largest absolute Gasteiger partial charge is 0.355 e. The standard InChI is InChI=1S/C16H35OPS2/c1-3-5-7-9-11-13-15-19-18(17)20-16-14-12-10-8-6-4-2/h17H,3-16H2,1-2H3. The van der Waals surface area contributed by atoms with Gasteiger partial charge in [0.1, 0.15) is 6.55 Å². The van der Waals surface area contributed by atoms with Gasteiger partial charge >= 0.3 is 0 Å². The van der Waals surface area contributed by atoms with Gasteiger partial charge in [-0.3, -0.25) is 0 Å². The molecule has 0 rings (SSSR count). The van der Waals surface area contributed by atoms with Gasteiger partial charge in [0.25, 0.3) is 0 Å². The van der Waals surface area contributed by atoms with Crippen LogP contribution in [0.15, 0.2) is 0 Å². The summed E-state index contributed by atoms with van der Waals surface area (Å²) in [5.74, 6) is 2.30. The third-order valence-electron chi connectivity index (χ3n) is 3.40. The van der Waals surface area contributed by atoms with E-state index in [9.17, 15) is 4.89 Å². The second-order valence-corrected chi connectivity index (χ2v) is 11.6. The summed E-state index contributed by atoms with van der Waals surface area (Å²) in [6.45, 7) is 3.72. The topological polar surface area (TPSA) is 20.2 Å². The molecule has 0 aromatic carbocycles. The second kappa shape index (κ2) is 18.1. The van der Waals surface area contributed by atoms with Crippen molar-refractivity contribution in [1.82, 2.24) is 0 Å². The molecule has 1 N–H and O–H groups in total. The summed E-state index contributed by atoms with van der Waals surface area (Å²) in [7, 11) is 0. The van der Waals surface area contributed by atoms with Crippen molar-refractivity contribution in [2.24, 2.45) is 0 Å². The zero-order chi connectivity index (χ0) is 14.9. The van der Waals surface area contributed by atoms with E-state index in [4.69, 9.17) is 0 Å². The Morgan fingerprint density at radius 1 is 0.600 bits per heavy atom. The smallest absolute Gasteiger partial charge is 0.149 e. The first kappa shape index (κ1) is 21.1. The lowest BCUT2D eigenvalue weighted by Gasteiger charge is -2.08. The highest BCUT2D eigenvalue weighted by Gasteiger charge is 2.05. The minimum atomic E-state index is -0.802.